The summed E-state index contributed by atoms with van der Waals surface area (Å²) in [6, 6.07) is 3.01. The summed E-state index contributed by atoms with van der Waals surface area (Å²) in [6.07, 6.45) is -2.50. The molecule has 0 aromatic heterocycles. The largest absolute Gasteiger partial charge is 0.495 e. The van der Waals surface area contributed by atoms with Crippen LogP contribution in [-0.2, 0) is 15.5 Å². The van der Waals surface area contributed by atoms with E-state index in [-0.39, 0.29) is 17.3 Å². The van der Waals surface area contributed by atoms with Gasteiger partial charge in [-0.3, -0.25) is 0 Å². The molecule has 1 saturated carbocycles. The van der Waals surface area contributed by atoms with Gasteiger partial charge in [-0.15, -0.1) is 0 Å². The Morgan fingerprint density at radius 3 is 1.96 bits per heavy atom. The molecule has 25 heavy (non-hydrogen) atoms. The Hall–Kier alpha value is -1.01. The molecule has 1 aliphatic carbocycles. The quantitative estimate of drug-likeness (QED) is 0.711. The van der Waals surface area contributed by atoms with Crippen molar-refractivity contribution in [1.29, 1.82) is 0 Å². The monoisotopic (exact) mass is 354 g/mol. The summed E-state index contributed by atoms with van der Waals surface area (Å²) in [5.41, 5.74) is -0.0687. The first-order valence-corrected chi connectivity index (χ1v) is 8.94. The molecule has 0 bridgehead atoms. The van der Waals surface area contributed by atoms with Crippen molar-refractivity contribution in [3.05, 3.63) is 28.8 Å². The van der Waals surface area contributed by atoms with Crippen molar-refractivity contribution in [3.63, 3.8) is 0 Å². The topological polar surface area (TPSA) is 18.5 Å². The van der Waals surface area contributed by atoms with Crippen molar-refractivity contribution in [2.45, 2.75) is 83.6 Å². The van der Waals surface area contributed by atoms with E-state index in [1.165, 1.54) is 6.07 Å². The van der Waals surface area contributed by atoms with Crippen molar-refractivity contribution in [2.75, 3.05) is 0 Å². The molecule has 0 atom stereocenters. The molecule has 0 amide bonds. The van der Waals surface area contributed by atoms with Crippen LogP contribution in [0.1, 0.15) is 82.9 Å². The molecule has 3 rings (SSSR count). The Morgan fingerprint density at radius 1 is 1.04 bits per heavy atom. The smallest absolute Gasteiger partial charge is 0.399 e. The van der Waals surface area contributed by atoms with Gasteiger partial charge in [0, 0.05) is 0 Å². The van der Waals surface area contributed by atoms with Gasteiger partial charge in [0.1, 0.15) is 0 Å². The van der Waals surface area contributed by atoms with Crippen molar-refractivity contribution < 1.29 is 22.5 Å². The summed E-state index contributed by atoms with van der Waals surface area (Å²) >= 11 is 0. The highest BCUT2D eigenvalue weighted by Crippen LogP contribution is 2.45. The van der Waals surface area contributed by atoms with Gasteiger partial charge in [0.05, 0.1) is 16.8 Å². The number of hydrogen-bond donors (Lipinski definition) is 0. The average Bonchev–Trinajstić information content (AvgIpc) is 3.24. The third kappa shape index (κ3) is 3.35. The van der Waals surface area contributed by atoms with E-state index in [4.69, 9.17) is 9.31 Å². The fourth-order valence-electron chi connectivity index (χ4n) is 3.31. The fraction of sp³-hybridized carbons (Fsp3) is 0.684. The second-order valence-electron chi connectivity index (χ2n) is 8.58. The summed E-state index contributed by atoms with van der Waals surface area (Å²) in [6.45, 7) is 11.4. The molecular formula is C19H26BF3O2. The second-order valence-corrected chi connectivity index (χ2v) is 8.58. The van der Waals surface area contributed by atoms with E-state index in [1.54, 1.807) is 6.07 Å². The predicted molar refractivity (Wildman–Crippen MR) is 93.2 cm³/mol. The van der Waals surface area contributed by atoms with Crippen molar-refractivity contribution in [1.82, 2.24) is 0 Å². The molecule has 2 aliphatic rings. The Bertz CT molecular complexity index is 660. The molecule has 1 aliphatic heterocycles. The van der Waals surface area contributed by atoms with Crippen LogP contribution in [0.2, 0.25) is 0 Å². The molecule has 138 valence electrons. The summed E-state index contributed by atoms with van der Waals surface area (Å²) in [5, 5.41) is 0. The molecule has 1 heterocycles. The number of alkyl halides is 3. The van der Waals surface area contributed by atoms with E-state index in [0.29, 0.717) is 0 Å². The van der Waals surface area contributed by atoms with E-state index in [1.807, 2.05) is 41.5 Å². The third-order valence-electron chi connectivity index (χ3n) is 5.71. The van der Waals surface area contributed by atoms with Crippen LogP contribution in [0.15, 0.2) is 12.1 Å². The number of benzene rings is 1. The van der Waals surface area contributed by atoms with Gasteiger partial charge in [-0.1, -0.05) is 19.9 Å². The molecule has 1 aromatic carbocycles. The van der Waals surface area contributed by atoms with Gasteiger partial charge in [-0.2, -0.15) is 13.2 Å². The van der Waals surface area contributed by atoms with Crippen LogP contribution < -0.4 is 5.46 Å². The zero-order valence-corrected chi connectivity index (χ0v) is 15.8. The molecule has 6 heteroatoms. The molecule has 2 nitrogen and oxygen atoms in total. The second kappa shape index (κ2) is 5.75. The maximum absolute atomic E-state index is 13.8. The Labute approximate surface area is 148 Å². The van der Waals surface area contributed by atoms with Crippen LogP contribution >= 0.6 is 0 Å². The van der Waals surface area contributed by atoms with Gasteiger partial charge in [-0.25, -0.2) is 0 Å². The van der Waals surface area contributed by atoms with Crippen LogP contribution in [-0.4, -0.2) is 18.3 Å². The van der Waals surface area contributed by atoms with Crippen molar-refractivity contribution in [3.8, 4) is 0 Å². The highest BCUT2D eigenvalue weighted by atomic mass is 19.4. The number of hydrogen-bond acceptors (Lipinski definition) is 2. The van der Waals surface area contributed by atoms with Crippen LogP contribution in [0, 0.1) is 0 Å². The normalized spacial score (nSPS) is 22.7. The SMILES string of the molecule is CC(C)c1cc(B2OC(C)(C)C(C)(C)O2)c(C(F)(F)F)cc1C1CC1. The lowest BCUT2D eigenvalue weighted by molar-refractivity contribution is -0.136. The molecule has 2 fully saturated rings. The lowest BCUT2D eigenvalue weighted by Crippen LogP contribution is -2.41. The molecule has 1 saturated heterocycles. The molecule has 0 radical (unpaired) electrons. The van der Waals surface area contributed by atoms with Crippen LogP contribution in [0.25, 0.3) is 0 Å². The minimum atomic E-state index is -4.43. The van der Waals surface area contributed by atoms with Gasteiger partial charge in [0.2, 0.25) is 0 Å². The van der Waals surface area contributed by atoms with E-state index in [0.717, 1.165) is 24.0 Å². The zero-order chi connectivity index (χ0) is 18.8. The first kappa shape index (κ1) is 18.8. The van der Waals surface area contributed by atoms with Gasteiger partial charge >= 0.3 is 13.3 Å². The summed E-state index contributed by atoms with van der Waals surface area (Å²) in [4.78, 5) is 0. The maximum atomic E-state index is 13.8. The van der Waals surface area contributed by atoms with Gasteiger partial charge < -0.3 is 9.31 Å². The van der Waals surface area contributed by atoms with Gasteiger partial charge in [0.25, 0.3) is 0 Å². The van der Waals surface area contributed by atoms with Crippen LogP contribution in [0.5, 0.6) is 0 Å². The summed E-state index contributed by atoms with van der Waals surface area (Å²) in [7, 11) is -1.01. The van der Waals surface area contributed by atoms with E-state index in [2.05, 4.69) is 0 Å². The molecule has 0 spiro atoms. The van der Waals surface area contributed by atoms with Crippen LogP contribution in [0.3, 0.4) is 0 Å². The molecular weight excluding hydrogens is 328 g/mol. The summed E-state index contributed by atoms with van der Waals surface area (Å²) < 4.78 is 53.1. The minimum Gasteiger partial charge on any atom is -0.399 e. The number of rotatable bonds is 3. The molecule has 0 unspecified atom stereocenters. The standard InChI is InChI=1S/C19H26BF3O2/c1-11(2)13-10-16(20-24-17(3,4)18(5,6)25-20)15(19(21,22)23)9-14(13)12-7-8-12/h9-12H,7-8H2,1-6H3. The first-order chi connectivity index (χ1) is 11.3. The Kier molecular flexibility index (Phi) is 4.32. The average molecular weight is 354 g/mol. The lowest BCUT2D eigenvalue weighted by atomic mass is 9.72. The van der Waals surface area contributed by atoms with Crippen molar-refractivity contribution in [2.24, 2.45) is 0 Å². The predicted octanol–water partition coefficient (Wildman–Crippen LogP) is 5.01. The highest BCUT2D eigenvalue weighted by Gasteiger charge is 2.54. The Morgan fingerprint density at radius 2 is 1.56 bits per heavy atom. The maximum Gasteiger partial charge on any atom is 0.495 e. The lowest BCUT2D eigenvalue weighted by Gasteiger charge is -2.32. The Balaban J connectivity index is 2.13. The first-order valence-electron chi connectivity index (χ1n) is 8.94. The minimum absolute atomic E-state index is 0.0965. The van der Waals surface area contributed by atoms with E-state index < -0.39 is 30.1 Å². The van der Waals surface area contributed by atoms with E-state index >= 15 is 0 Å². The number of halogens is 3. The third-order valence-corrected chi connectivity index (χ3v) is 5.71. The zero-order valence-electron chi connectivity index (χ0n) is 15.8. The van der Waals surface area contributed by atoms with E-state index in [9.17, 15) is 13.2 Å². The van der Waals surface area contributed by atoms with Gasteiger partial charge in [0.15, 0.2) is 0 Å². The highest BCUT2D eigenvalue weighted by molar-refractivity contribution is 6.62. The fourth-order valence-corrected chi connectivity index (χ4v) is 3.31. The van der Waals surface area contributed by atoms with Crippen molar-refractivity contribution >= 4 is 12.6 Å². The molecule has 1 aromatic rings. The van der Waals surface area contributed by atoms with Crippen LogP contribution in [0.4, 0.5) is 13.2 Å². The van der Waals surface area contributed by atoms with Gasteiger partial charge in [-0.05, 0) is 75.0 Å². The molecule has 0 N–H and O–H groups in total. The summed E-state index contributed by atoms with van der Waals surface area (Å²) in [5.74, 6) is 0.407.